The van der Waals surface area contributed by atoms with E-state index in [-0.39, 0.29) is 12.1 Å². The highest BCUT2D eigenvalue weighted by molar-refractivity contribution is 5.79. The summed E-state index contributed by atoms with van der Waals surface area (Å²) in [7, 11) is 1.66. The van der Waals surface area contributed by atoms with Gasteiger partial charge in [0.25, 0.3) is 0 Å². The van der Waals surface area contributed by atoms with Gasteiger partial charge in [-0.1, -0.05) is 13.8 Å². The Kier molecular flexibility index (Phi) is 7.49. The number of carboxylic acid groups (broad SMARTS) is 1. The summed E-state index contributed by atoms with van der Waals surface area (Å²) in [6.07, 6.45) is 1.67. The Balaban J connectivity index is 4.05. The van der Waals surface area contributed by atoms with E-state index in [2.05, 4.69) is 10.6 Å². The standard InChI is InChI=1S/C11H23N3O3/c1-7(2)14-9(11(16)17)6-4-5-8(13-3)10(12)15/h7-9,13-14H,4-6H2,1-3H3,(H2,12,15)(H,16,17). The molecule has 2 atom stereocenters. The number of nitrogens with one attached hydrogen (secondary N) is 2. The minimum absolute atomic E-state index is 0.118. The van der Waals surface area contributed by atoms with Gasteiger partial charge in [-0.25, -0.2) is 0 Å². The highest BCUT2D eigenvalue weighted by Gasteiger charge is 2.19. The van der Waals surface area contributed by atoms with Crippen LogP contribution in [0, 0.1) is 0 Å². The molecule has 0 radical (unpaired) electrons. The molecule has 0 bridgehead atoms. The zero-order valence-electron chi connectivity index (χ0n) is 10.7. The number of hydrogen-bond donors (Lipinski definition) is 4. The van der Waals surface area contributed by atoms with Crippen molar-refractivity contribution in [2.75, 3.05) is 7.05 Å². The molecule has 0 aliphatic heterocycles. The van der Waals surface area contributed by atoms with Gasteiger partial charge in [-0.3, -0.25) is 9.59 Å². The molecule has 6 nitrogen and oxygen atoms in total. The number of carboxylic acids is 1. The fraction of sp³-hybridized carbons (Fsp3) is 0.818. The number of primary amides is 1. The van der Waals surface area contributed by atoms with E-state index in [9.17, 15) is 9.59 Å². The Bertz CT molecular complexity index is 256. The van der Waals surface area contributed by atoms with Gasteiger partial charge >= 0.3 is 5.97 Å². The van der Waals surface area contributed by atoms with Crippen LogP contribution in [-0.2, 0) is 9.59 Å². The van der Waals surface area contributed by atoms with Crippen molar-refractivity contribution in [3.63, 3.8) is 0 Å². The lowest BCUT2D eigenvalue weighted by molar-refractivity contribution is -0.139. The zero-order chi connectivity index (χ0) is 13.4. The van der Waals surface area contributed by atoms with Crippen LogP contribution in [0.2, 0.25) is 0 Å². The highest BCUT2D eigenvalue weighted by Crippen LogP contribution is 2.05. The summed E-state index contributed by atoms with van der Waals surface area (Å²) in [5.74, 6) is -1.27. The summed E-state index contributed by atoms with van der Waals surface area (Å²) in [5, 5.41) is 14.8. The van der Waals surface area contributed by atoms with Crippen molar-refractivity contribution in [3.8, 4) is 0 Å². The van der Waals surface area contributed by atoms with Crippen molar-refractivity contribution in [2.24, 2.45) is 5.73 Å². The van der Waals surface area contributed by atoms with Crippen LogP contribution in [0.15, 0.2) is 0 Å². The number of amides is 1. The SMILES string of the molecule is CNC(CCCC(NC(C)C)C(=O)O)C(N)=O. The van der Waals surface area contributed by atoms with E-state index in [1.54, 1.807) is 7.05 Å². The van der Waals surface area contributed by atoms with Crippen LogP contribution in [0.4, 0.5) is 0 Å². The Hall–Kier alpha value is -1.14. The van der Waals surface area contributed by atoms with Gasteiger partial charge in [-0.2, -0.15) is 0 Å². The van der Waals surface area contributed by atoms with Gasteiger partial charge in [0.15, 0.2) is 0 Å². The number of carbonyl (C=O) groups is 2. The maximum Gasteiger partial charge on any atom is 0.320 e. The third kappa shape index (κ3) is 6.91. The molecule has 0 spiro atoms. The van der Waals surface area contributed by atoms with Crippen molar-refractivity contribution in [3.05, 3.63) is 0 Å². The predicted octanol–water partition coefficient (Wildman–Crippen LogP) is -0.319. The van der Waals surface area contributed by atoms with E-state index in [0.717, 1.165) is 0 Å². The Morgan fingerprint density at radius 1 is 1.24 bits per heavy atom. The molecule has 0 aromatic rings. The summed E-state index contributed by atoms with van der Waals surface area (Å²) < 4.78 is 0. The van der Waals surface area contributed by atoms with Gasteiger partial charge in [0, 0.05) is 6.04 Å². The zero-order valence-corrected chi connectivity index (χ0v) is 10.7. The molecular weight excluding hydrogens is 222 g/mol. The average Bonchev–Trinajstić information content (AvgIpc) is 2.21. The largest absolute Gasteiger partial charge is 0.480 e. The molecule has 17 heavy (non-hydrogen) atoms. The lowest BCUT2D eigenvalue weighted by Gasteiger charge is -2.18. The monoisotopic (exact) mass is 245 g/mol. The second kappa shape index (κ2) is 8.03. The van der Waals surface area contributed by atoms with Crippen LogP contribution < -0.4 is 16.4 Å². The maximum atomic E-state index is 10.9. The smallest absolute Gasteiger partial charge is 0.320 e. The second-order valence-corrected chi connectivity index (χ2v) is 4.39. The van der Waals surface area contributed by atoms with Gasteiger partial charge in [0.1, 0.15) is 6.04 Å². The minimum Gasteiger partial charge on any atom is -0.480 e. The van der Waals surface area contributed by atoms with Crippen molar-refractivity contribution < 1.29 is 14.7 Å². The van der Waals surface area contributed by atoms with Crippen molar-refractivity contribution in [1.82, 2.24) is 10.6 Å². The Morgan fingerprint density at radius 3 is 2.12 bits per heavy atom. The molecule has 0 saturated carbocycles. The van der Waals surface area contributed by atoms with Gasteiger partial charge < -0.3 is 21.5 Å². The number of rotatable bonds is 9. The number of aliphatic carboxylic acids is 1. The Morgan fingerprint density at radius 2 is 1.76 bits per heavy atom. The quantitative estimate of drug-likeness (QED) is 0.446. The molecule has 100 valence electrons. The lowest BCUT2D eigenvalue weighted by Crippen LogP contribution is -2.42. The van der Waals surface area contributed by atoms with Crippen molar-refractivity contribution >= 4 is 11.9 Å². The molecule has 2 unspecified atom stereocenters. The first-order chi connectivity index (χ1) is 7.88. The van der Waals surface area contributed by atoms with Crippen LogP contribution in [0.3, 0.4) is 0 Å². The molecule has 0 aliphatic carbocycles. The third-order valence-corrected chi connectivity index (χ3v) is 2.51. The van der Waals surface area contributed by atoms with Gasteiger partial charge in [-0.05, 0) is 26.3 Å². The molecule has 0 heterocycles. The maximum absolute atomic E-state index is 10.9. The van der Waals surface area contributed by atoms with Crippen LogP contribution in [0.1, 0.15) is 33.1 Å². The topological polar surface area (TPSA) is 104 Å². The predicted molar refractivity (Wildman–Crippen MR) is 65.6 cm³/mol. The van der Waals surface area contributed by atoms with E-state index < -0.39 is 17.9 Å². The van der Waals surface area contributed by atoms with Gasteiger partial charge in [-0.15, -0.1) is 0 Å². The van der Waals surface area contributed by atoms with E-state index >= 15 is 0 Å². The molecule has 0 fully saturated rings. The third-order valence-electron chi connectivity index (χ3n) is 2.51. The molecule has 0 aromatic heterocycles. The van der Waals surface area contributed by atoms with Gasteiger partial charge in [0.05, 0.1) is 6.04 Å². The summed E-state index contributed by atoms with van der Waals surface area (Å²) in [6, 6.07) is -0.837. The number of hydrogen-bond acceptors (Lipinski definition) is 4. The minimum atomic E-state index is -0.862. The summed E-state index contributed by atoms with van der Waals surface area (Å²) in [4.78, 5) is 21.9. The lowest BCUT2D eigenvalue weighted by atomic mass is 10.0. The highest BCUT2D eigenvalue weighted by atomic mass is 16.4. The van der Waals surface area contributed by atoms with Crippen LogP contribution in [0.5, 0.6) is 0 Å². The summed E-state index contributed by atoms with van der Waals surface area (Å²) >= 11 is 0. The van der Waals surface area contributed by atoms with E-state index in [1.165, 1.54) is 0 Å². The first-order valence-corrected chi connectivity index (χ1v) is 5.84. The van der Waals surface area contributed by atoms with Crippen molar-refractivity contribution in [1.29, 1.82) is 0 Å². The molecule has 0 aromatic carbocycles. The van der Waals surface area contributed by atoms with Gasteiger partial charge in [0.2, 0.25) is 5.91 Å². The summed E-state index contributed by atoms with van der Waals surface area (Å²) in [6.45, 7) is 3.80. The van der Waals surface area contributed by atoms with E-state index in [4.69, 9.17) is 10.8 Å². The molecule has 0 aliphatic rings. The Labute approximate surface area is 102 Å². The number of likely N-dealkylation sites (N-methyl/N-ethyl adjacent to an activating group) is 1. The summed E-state index contributed by atoms with van der Waals surface area (Å²) in [5.41, 5.74) is 5.17. The molecule has 0 rings (SSSR count). The molecule has 1 amide bonds. The molecule has 0 saturated heterocycles. The fourth-order valence-electron chi connectivity index (χ4n) is 1.64. The van der Waals surface area contributed by atoms with Crippen molar-refractivity contribution in [2.45, 2.75) is 51.2 Å². The normalized spacial score (nSPS) is 14.6. The average molecular weight is 245 g/mol. The second-order valence-electron chi connectivity index (χ2n) is 4.39. The first-order valence-electron chi connectivity index (χ1n) is 5.84. The van der Waals surface area contributed by atoms with E-state index in [1.807, 2.05) is 13.8 Å². The van der Waals surface area contributed by atoms with E-state index in [0.29, 0.717) is 19.3 Å². The van der Waals surface area contributed by atoms with Crippen LogP contribution in [-0.4, -0.2) is 42.2 Å². The first kappa shape index (κ1) is 15.9. The van der Waals surface area contributed by atoms with Crippen LogP contribution in [0.25, 0.3) is 0 Å². The van der Waals surface area contributed by atoms with Crippen LogP contribution >= 0.6 is 0 Å². The number of nitrogens with two attached hydrogens (primary N) is 1. The molecule has 6 heteroatoms. The molecule has 5 N–H and O–H groups in total. The number of carbonyl (C=O) groups excluding carboxylic acids is 1. The fourth-order valence-corrected chi connectivity index (χ4v) is 1.64. The molecular formula is C11H23N3O3.